The number of hydrogen-bond donors (Lipinski definition) is 1. The minimum atomic E-state index is -4.49. The van der Waals surface area contributed by atoms with E-state index in [9.17, 15) is 13.2 Å². The lowest BCUT2D eigenvalue weighted by Gasteiger charge is -2.44. The number of anilines is 1. The molecule has 1 fully saturated rings. The lowest BCUT2D eigenvalue weighted by molar-refractivity contribution is -0.137. The Morgan fingerprint density at radius 1 is 1.38 bits per heavy atom. The molecule has 1 aromatic carbocycles. The van der Waals surface area contributed by atoms with Gasteiger partial charge in [-0.1, -0.05) is 12.2 Å². The Bertz CT molecular complexity index is 558. The molecular weight excluding hydrogens is 301 g/mol. The van der Waals surface area contributed by atoms with Crippen LogP contribution >= 0.6 is 12.2 Å². The van der Waals surface area contributed by atoms with Crippen molar-refractivity contribution < 1.29 is 17.9 Å². The number of morpholine rings is 1. The molecule has 0 bridgehead atoms. The third kappa shape index (κ3) is 3.29. The van der Waals surface area contributed by atoms with Crippen molar-refractivity contribution in [1.82, 2.24) is 0 Å². The summed E-state index contributed by atoms with van der Waals surface area (Å²) in [6.07, 6.45) is -4.49. The summed E-state index contributed by atoms with van der Waals surface area (Å²) in [5.74, 6) is 0. The van der Waals surface area contributed by atoms with Crippen LogP contribution in [0.3, 0.4) is 0 Å². The van der Waals surface area contributed by atoms with Gasteiger partial charge in [0.2, 0.25) is 0 Å². The number of nitrogens with two attached hydrogens (primary N) is 1. The molecule has 2 N–H and O–H groups in total. The molecule has 0 spiro atoms. The van der Waals surface area contributed by atoms with Crippen molar-refractivity contribution in [3.63, 3.8) is 0 Å². The number of rotatable bonds is 2. The number of hydrogen-bond acceptors (Lipinski definition) is 3. The molecule has 0 unspecified atom stereocenters. The van der Waals surface area contributed by atoms with E-state index in [1.807, 2.05) is 18.7 Å². The van der Waals surface area contributed by atoms with Crippen LogP contribution < -0.4 is 10.6 Å². The Morgan fingerprint density at radius 3 is 2.57 bits per heavy atom. The zero-order valence-corrected chi connectivity index (χ0v) is 12.6. The Hall–Kier alpha value is -1.34. The van der Waals surface area contributed by atoms with Crippen LogP contribution in [0.15, 0.2) is 18.2 Å². The zero-order chi connectivity index (χ0) is 15.8. The molecule has 1 aliphatic rings. The molecular formula is C14H17F3N2OS. The quantitative estimate of drug-likeness (QED) is 0.851. The van der Waals surface area contributed by atoms with Crippen molar-refractivity contribution >= 4 is 22.9 Å². The van der Waals surface area contributed by atoms with E-state index in [1.165, 1.54) is 6.07 Å². The van der Waals surface area contributed by atoms with E-state index in [2.05, 4.69) is 0 Å². The molecule has 1 aromatic rings. The molecule has 0 aliphatic carbocycles. The third-order valence-corrected chi connectivity index (χ3v) is 3.75. The summed E-state index contributed by atoms with van der Waals surface area (Å²) < 4.78 is 45.0. The highest BCUT2D eigenvalue weighted by molar-refractivity contribution is 7.80. The Labute approximate surface area is 126 Å². The van der Waals surface area contributed by atoms with Crippen LogP contribution in [-0.4, -0.2) is 30.3 Å². The predicted octanol–water partition coefficient (Wildman–Crippen LogP) is 2.95. The fourth-order valence-corrected chi connectivity index (χ4v) is 2.66. The van der Waals surface area contributed by atoms with Gasteiger partial charge >= 0.3 is 6.18 Å². The molecule has 1 aliphatic heterocycles. The second kappa shape index (κ2) is 5.46. The Morgan fingerprint density at radius 2 is 2.05 bits per heavy atom. The smallest absolute Gasteiger partial charge is 0.389 e. The van der Waals surface area contributed by atoms with E-state index in [-0.39, 0.29) is 16.1 Å². The van der Waals surface area contributed by atoms with Crippen molar-refractivity contribution in [1.29, 1.82) is 0 Å². The van der Waals surface area contributed by atoms with E-state index >= 15 is 0 Å². The van der Waals surface area contributed by atoms with E-state index in [4.69, 9.17) is 22.7 Å². The van der Waals surface area contributed by atoms with Gasteiger partial charge in [-0.2, -0.15) is 13.2 Å². The highest BCUT2D eigenvalue weighted by atomic mass is 32.1. The molecule has 116 valence electrons. The van der Waals surface area contributed by atoms with E-state index in [1.54, 1.807) is 6.07 Å². The topological polar surface area (TPSA) is 38.5 Å². The van der Waals surface area contributed by atoms with Crippen LogP contribution in [0.4, 0.5) is 18.9 Å². The summed E-state index contributed by atoms with van der Waals surface area (Å²) >= 11 is 4.71. The van der Waals surface area contributed by atoms with Gasteiger partial charge < -0.3 is 15.4 Å². The summed E-state index contributed by atoms with van der Waals surface area (Å²) in [4.78, 5) is 1.66. The molecule has 21 heavy (non-hydrogen) atoms. The number of thiocarbonyl (C=S) groups is 1. The summed E-state index contributed by atoms with van der Waals surface area (Å²) in [5, 5.41) is 0. The van der Waals surface area contributed by atoms with Crippen molar-refractivity contribution in [2.45, 2.75) is 25.6 Å². The summed E-state index contributed by atoms with van der Waals surface area (Å²) in [7, 11) is 0. The van der Waals surface area contributed by atoms with Crippen LogP contribution in [0, 0.1) is 0 Å². The van der Waals surface area contributed by atoms with Gasteiger partial charge in [-0.05, 0) is 32.0 Å². The van der Waals surface area contributed by atoms with Gasteiger partial charge in [-0.3, -0.25) is 0 Å². The third-order valence-electron chi connectivity index (χ3n) is 3.53. The minimum Gasteiger partial charge on any atom is -0.389 e. The van der Waals surface area contributed by atoms with Gasteiger partial charge in [0.15, 0.2) is 0 Å². The first kappa shape index (κ1) is 16.0. The lowest BCUT2D eigenvalue weighted by Crippen LogP contribution is -2.53. The fraction of sp³-hybridized carbons (Fsp3) is 0.500. The van der Waals surface area contributed by atoms with Gasteiger partial charge in [0.1, 0.15) is 4.99 Å². The number of alkyl halides is 3. The van der Waals surface area contributed by atoms with Crippen LogP contribution in [0.5, 0.6) is 0 Å². The average Bonchev–Trinajstić information content (AvgIpc) is 2.36. The van der Waals surface area contributed by atoms with Crippen molar-refractivity contribution in [2.24, 2.45) is 5.73 Å². The van der Waals surface area contributed by atoms with Gasteiger partial charge in [-0.15, -0.1) is 0 Å². The Balaban J connectivity index is 2.49. The summed E-state index contributed by atoms with van der Waals surface area (Å²) in [6, 6.07) is 4.07. The molecule has 0 saturated carbocycles. The van der Waals surface area contributed by atoms with Gasteiger partial charge in [-0.25, -0.2) is 0 Å². The number of nitrogens with zero attached hydrogens (tertiary/aromatic N) is 1. The first-order chi connectivity index (χ1) is 9.63. The van der Waals surface area contributed by atoms with E-state index < -0.39 is 11.7 Å². The lowest BCUT2D eigenvalue weighted by atomic mass is 9.99. The summed E-state index contributed by atoms with van der Waals surface area (Å²) in [6.45, 7) is 5.35. The van der Waals surface area contributed by atoms with Gasteiger partial charge in [0.05, 0.1) is 24.3 Å². The Kier molecular flexibility index (Phi) is 4.17. The molecule has 3 nitrogen and oxygen atoms in total. The molecule has 1 saturated heterocycles. The zero-order valence-electron chi connectivity index (χ0n) is 11.8. The summed E-state index contributed by atoms with van der Waals surface area (Å²) in [5.41, 5.74) is 4.58. The largest absolute Gasteiger partial charge is 0.417 e. The number of ether oxygens (including phenoxy) is 1. The molecule has 0 aromatic heterocycles. The first-order valence-corrected chi connectivity index (χ1v) is 6.90. The SMILES string of the molecule is CC1(C)COCCN1c1ccc(C(N)=S)c(C(F)(F)F)c1. The van der Waals surface area contributed by atoms with Crippen molar-refractivity contribution in [2.75, 3.05) is 24.7 Å². The van der Waals surface area contributed by atoms with Crippen LogP contribution in [0.1, 0.15) is 25.0 Å². The molecule has 1 heterocycles. The standard InChI is InChI=1S/C14H17F3N2OS/c1-13(2)8-20-6-5-19(13)9-3-4-10(12(18)21)11(7-9)14(15,16)17/h3-4,7H,5-6,8H2,1-2H3,(H2,18,21). The maximum atomic E-state index is 13.2. The van der Waals surface area contributed by atoms with Gasteiger partial charge in [0, 0.05) is 17.8 Å². The first-order valence-electron chi connectivity index (χ1n) is 6.49. The average molecular weight is 318 g/mol. The molecule has 7 heteroatoms. The molecule has 2 rings (SSSR count). The van der Waals surface area contributed by atoms with Gasteiger partial charge in [0.25, 0.3) is 0 Å². The normalized spacial score (nSPS) is 18.6. The predicted molar refractivity (Wildman–Crippen MR) is 79.6 cm³/mol. The minimum absolute atomic E-state index is 0.146. The second-order valence-electron chi connectivity index (χ2n) is 5.61. The number of halogens is 3. The van der Waals surface area contributed by atoms with Crippen molar-refractivity contribution in [3.05, 3.63) is 29.3 Å². The van der Waals surface area contributed by atoms with Crippen LogP contribution in [0.25, 0.3) is 0 Å². The van der Waals surface area contributed by atoms with Crippen LogP contribution in [0.2, 0.25) is 0 Å². The van der Waals surface area contributed by atoms with Crippen LogP contribution in [-0.2, 0) is 10.9 Å². The molecule has 0 amide bonds. The monoisotopic (exact) mass is 318 g/mol. The molecule has 0 atom stereocenters. The number of benzene rings is 1. The highest BCUT2D eigenvalue weighted by Crippen LogP contribution is 2.36. The maximum absolute atomic E-state index is 13.2. The van der Waals surface area contributed by atoms with E-state index in [0.717, 1.165) is 6.07 Å². The maximum Gasteiger partial charge on any atom is 0.417 e. The van der Waals surface area contributed by atoms with Crippen molar-refractivity contribution in [3.8, 4) is 0 Å². The van der Waals surface area contributed by atoms with E-state index in [0.29, 0.717) is 25.4 Å². The second-order valence-corrected chi connectivity index (χ2v) is 6.05. The highest BCUT2D eigenvalue weighted by Gasteiger charge is 2.36. The fourth-order valence-electron chi connectivity index (χ4n) is 2.49. The molecule has 0 radical (unpaired) electrons.